The average Bonchev–Trinajstić information content (AvgIpc) is 3.10. The number of benzene rings is 1. The largest absolute Gasteiger partial charge is 0.458 e. The Morgan fingerprint density at radius 2 is 2.00 bits per heavy atom. The summed E-state index contributed by atoms with van der Waals surface area (Å²) < 4.78 is 15.9. The first-order valence-electron chi connectivity index (χ1n) is 7.17. The molecule has 0 unspecified atom stereocenters. The molecule has 1 aliphatic carbocycles. The molecule has 5 heteroatoms. The average molecular weight is 298 g/mol. The summed E-state index contributed by atoms with van der Waals surface area (Å²) >= 11 is 0. The van der Waals surface area contributed by atoms with Gasteiger partial charge in [0.2, 0.25) is 0 Å². The first-order chi connectivity index (χ1) is 10.6. The highest BCUT2D eigenvalue weighted by atomic mass is 16.7. The van der Waals surface area contributed by atoms with Crippen molar-refractivity contribution in [2.45, 2.75) is 25.7 Å². The van der Waals surface area contributed by atoms with Crippen LogP contribution in [0.3, 0.4) is 0 Å². The maximum absolute atomic E-state index is 12.0. The van der Waals surface area contributed by atoms with E-state index in [1.54, 1.807) is 13.0 Å². The molecule has 3 atom stereocenters. The van der Waals surface area contributed by atoms with Crippen LogP contribution in [0.2, 0.25) is 0 Å². The molecule has 1 aromatic carbocycles. The lowest BCUT2D eigenvalue weighted by Gasteiger charge is -2.09. The van der Waals surface area contributed by atoms with Gasteiger partial charge in [-0.25, -0.2) is 9.59 Å². The summed E-state index contributed by atoms with van der Waals surface area (Å²) in [7, 11) is 0. The molecule has 112 valence electrons. The monoisotopic (exact) mass is 298 g/mol. The van der Waals surface area contributed by atoms with Gasteiger partial charge in [-0.1, -0.05) is 24.3 Å². The molecule has 0 radical (unpaired) electrons. The van der Waals surface area contributed by atoms with Crippen molar-refractivity contribution in [1.82, 2.24) is 0 Å². The SMILES string of the molecule is CC1=C[C@@H](O/C=C2\C(=O)O[C@H]3c4ccccc4C[C@@H]23)OC1=O. The van der Waals surface area contributed by atoms with E-state index >= 15 is 0 Å². The number of hydrogen-bond acceptors (Lipinski definition) is 5. The number of hydrogen-bond donors (Lipinski definition) is 0. The zero-order valence-corrected chi connectivity index (χ0v) is 11.9. The maximum atomic E-state index is 12.0. The molecule has 0 aromatic heterocycles. The third-order valence-electron chi connectivity index (χ3n) is 4.30. The molecule has 0 saturated carbocycles. The van der Waals surface area contributed by atoms with E-state index in [4.69, 9.17) is 14.2 Å². The van der Waals surface area contributed by atoms with Crippen LogP contribution in [-0.4, -0.2) is 18.2 Å². The minimum atomic E-state index is -0.768. The molecule has 0 N–H and O–H groups in total. The summed E-state index contributed by atoms with van der Waals surface area (Å²) in [5.74, 6) is -0.801. The van der Waals surface area contributed by atoms with Crippen LogP contribution in [0, 0.1) is 5.92 Å². The molecule has 1 aromatic rings. The molecule has 2 heterocycles. The van der Waals surface area contributed by atoms with Gasteiger partial charge in [0, 0.05) is 17.6 Å². The van der Waals surface area contributed by atoms with Gasteiger partial charge in [0.05, 0.1) is 11.8 Å². The fraction of sp³-hybridized carbons (Fsp3) is 0.294. The van der Waals surface area contributed by atoms with Gasteiger partial charge in [-0.2, -0.15) is 0 Å². The Balaban J connectivity index is 1.55. The van der Waals surface area contributed by atoms with Gasteiger partial charge < -0.3 is 14.2 Å². The molecule has 4 rings (SSSR count). The van der Waals surface area contributed by atoms with Crippen molar-refractivity contribution in [3.63, 3.8) is 0 Å². The lowest BCUT2D eigenvalue weighted by atomic mass is 9.98. The quantitative estimate of drug-likeness (QED) is 0.476. The van der Waals surface area contributed by atoms with Crippen molar-refractivity contribution < 1.29 is 23.8 Å². The van der Waals surface area contributed by atoms with E-state index in [-0.39, 0.29) is 18.0 Å². The molecule has 22 heavy (non-hydrogen) atoms. The van der Waals surface area contributed by atoms with Crippen molar-refractivity contribution >= 4 is 11.9 Å². The van der Waals surface area contributed by atoms with Gasteiger partial charge in [0.1, 0.15) is 6.10 Å². The molecular formula is C17H14O5. The van der Waals surface area contributed by atoms with Crippen molar-refractivity contribution in [3.8, 4) is 0 Å². The first-order valence-corrected chi connectivity index (χ1v) is 7.17. The topological polar surface area (TPSA) is 61.8 Å². The number of rotatable bonds is 2. The molecule has 0 spiro atoms. The third kappa shape index (κ3) is 1.93. The summed E-state index contributed by atoms with van der Waals surface area (Å²) in [6.45, 7) is 1.66. The summed E-state index contributed by atoms with van der Waals surface area (Å²) in [6, 6.07) is 7.96. The second-order valence-electron chi connectivity index (χ2n) is 5.67. The van der Waals surface area contributed by atoms with Crippen LogP contribution in [0.4, 0.5) is 0 Å². The molecule has 1 saturated heterocycles. The van der Waals surface area contributed by atoms with Crippen molar-refractivity contribution in [3.05, 3.63) is 58.9 Å². The Hall–Kier alpha value is -2.56. The van der Waals surface area contributed by atoms with E-state index in [9.17, 15) is 9.59 Å². The highest BCUT2D eigenvalue weighted by Crippen LogP contribution is 2.47. The zero-order chi connectivity index (χ0) is 15.3. The van der Waals surface area contributed by atoms with Crippen LogP contribution in [0.1, 0.15) is 24.2 Å². The first kappa shape index (κ1) is 13.1. The van der Waals surface area contributed by atoms with Crippen LogP contribution >= 0.6 is 0 Å². The van der Waals surface area contributed by atoms with Crippen LogP contribution in [-0.2, 0) is 30.2 Å². The van der Waals surface area contributed by atoms with Crippen LogP contribution in [0.15, 0.2) is 47.7 Å². The van der Waals surface area contributed by atoms with Crippen molar-refractivity contribution in [1.29, 1.82) is 0 Å². The van der Waals surface area contributed by atoms with Crippen LogP contribution < -0.4 is 0 Å². The smallest absolute Gasteiger partial charge is 0.338 e. The van der Waals surface area contributed by atoms with Gasteiger partial charge in [-0.05, 0) is 24.5 Å². The Bertz CT molecular complexity index is 730. The van der Waals surface area contributed by atoms with Gasteiger partial charge >= 0.3 is 11.9 Å². The third-order valence-corrected chi connectivity index (χ3v) is 4.30. The Morgan fingerprint density at radius 3 is 2.77 bits per heavy atom. The lowest BCUT2D eigenvalue weighted by Crippen LogP contribution is -2.11. The number of carbonyl (C=O) groups excluding carboxylic acids is 2. The minimum absolute atomic E-state index is 0.0351. The zero-order valence-electron chi connectivity index (χ0n) is 11.9. The van der Waals surface area contributed by atoms with Crippen LogP contribution in [0.5, 0.6) is 0 Å². The van der Waals surface area contributed by atoms with Crippen molar-refractivity contribution in [2.75, 3.05) is 0 Å². The second kappa shape index (κ2) is 4.73. The van der Waals surface area contributed by atoms with Gasteiger partial charge in [0.25, 0.3) is 6.29 Å². The second-order valence-corrected chi connectivity index (χ2v) is 5.67. The van der Waals surface area contributed by atoms with Gasteiger partial charge in [0.15, 0.2) is 0 Å². The van der Waals surface area contributed by atoms with Gasteiger partial charge in [-0.15, -0.1) is 0 Å². The van der Waals surface area contributed by atoms with Gasteiger partial charge in [-0.3, -0.25) is 0 Å². The standard InChI is InChI=1S/C17H14O5/c1-9-6-14(21-16(9)18)20-8-13-12-7-10-4-2-3-5-11(10)15(12)22-17(13)19/h2-6,8,12,14-15H,7H2,1H3/b13-8-/t12-,14-,15-/m0/s1. The van der Waals surface area contributed by atoms with Crippen LogP contribution in [0.25, 0.3) is 0 Å². The molecule has 0 bridgehead atoms. The molecule has 2 aliphatic heterocycles. The van der Waals surface area contributed by atoms with E-state index in [0.29, 0.717) is 11.1 Å². The van der Waals surface area contributed by atoms with E-state index in [1.165, 1.54) is 11.8 Å². The number of cyclic esters (lactones) is 1. The summed E-state index contributed by atoms with van der Waals surface area (Å²) in [5.41, 5.74) is 3.25. The Morgan fingerprint density at radius 1 is 1.18 bits per heavy atom. The fourth-order valence-electron chi connectivity index (χ4n) is 3.16. The number of fused-ring (bicyclic) bond motifs is 3. The highest BCUT2D eigenvalue weighted by molar-refractivity contribution is 5.92. The summed E-state index contributed by atoms with van der Waals surface area (Å²) in [4.78, 5) is 23.3. The van der Waals surface area contributed by atoms with Crippen molar-refractivity contribution in [2.24, 2.45) is 5.92 Å². The van der Waals surface area contributed by atoms with E-state index in [1.807, 2.05) is 24.3 Å². The molecular weight excluding hydrogens is 284 g/mol. The minimum Gasteiger partial charge on any atom is -0.458 e. The maximum Gasteiger partial charge on any atom is 0.338 e. The van der Waals surface area contributed by atoms with E-state index in [0.717, 1.165) is 12.0 Å². The normalized spacial score (nSPS) is 30.7. The number of ether oxygens (including phenoxy) is 3. The Labute approximate surface area is 127 Å². The number of carbonyl (C=O) groups is 2. The van der Waals surface area contributed by atoms with E-state index in [2.05, 4.69) is 0 Å². The number of esters is 2. The summed E-state index contributed by atoms with van der Waals surface area (Å²) in [5, 5.41) is 0. The predicted octanol–water partition coefficient (Wildman–Crippen LogP) is 2.19. The molecule has 1 fully saturated rings. The molecule has 0 amide bonds. The molecule has 5 nitrogen and oxygen atoms in total. The lowest BCUT2D eigenvalue weighted by molar-refractivity contribution is -0.152. The molecule has 3 aliphatic rings. The van der Waals surface area contributed by atoms with E-state index < -0.39 is 12.3 Å². The fourth-order valence-corrected chi connectivity index (χ4v) is 3.16. The highest BCUT2D eigenvalue weighted by Gasteiger charge is 2.46. The predicted molar refractivity (Wildman–Crippen MR) is 75.3 cm³/mol. The Kier molecular flexibility index (Phi) is 2.82. The summed E-state index contributed by atoms with van der Waals surface area (Å²) in [6.07, 6.45) is 2.71.